The number of thiocarbonyl (C=S) groups is 1. The van der Waals surface area contributed by atoms with Gasteiger partial charge in [0.15, 0.2) is 11.7 Å². The van der Waals surface area contributed by atoms with Gasteiger partial charge in [0.2, 0.25) is 0 Å². The van der Waals surface area contributed by atoms with Gasteiger partial charge in [-0.25, -0.2) is 4.79 Å². The number of amides is 2. The number of nitrogens with one attached hydrogen (secondary N) is 3. The number of hydrogen-bond donors (Lipinski definition) is 3. The third-order valence-electron chi connectivity index (χ3n) is 7.13. The highest BCUT2D eigenvalue weighted by Crippen LogP contribution is 2.38. The van der Waals surface area contributed by atoms with Crippen molar-refractivity contribution in [2.45, 2.75) is 77.8 Å². The topological polar surface area (TPSA) is 109 Å². The smallest absolute Gasteiger partial charge is 0.341 e. The summed E-state index contributed by atoms with van der Waals surface area (Å²) in [5.74, 6) is -0.279. The van der Waals surface area contributed by atoms with Crippen molar-refractivity contribution in [1.82, 2.24) is 15.8 Å². The minimum absolute atomic E-state index is 0.0283. The first-order chi connectivity index (χ1) is 18.8. The van der Waals surface area contributed by atoms with Gasteiger partial charge in [0.1, 0.15) is 10.8 Å². The summed E-state index contributed by atoms with van der Waals surface area (Å²) >= 11 is 6.87. The van der Waals surface area contributed by atoms with Gasteiger partial charge < -0.3 is 19.7 Å². The Kier molecular flexibility index (Phi) is 9.79. The number of piperidine rings is 1. The van der Waals surface area contributed by atoms with Crippen molar-refractivity contribution >= 4 is 51.5 Å². The predicted molar refractivity (Wildman–Crippen MR) is 155 cm³/mol. The SMILES string of the molecule is CCOC(=O)c1c(NC(=S)NNC(=O)c2ccc(OCC(=O)N3[C@H](C)CCC[C@H]3C)cc2)sc2c1CCCC2. The number of rotatable bonds is 7. The molecule has 2 atom stereocenters. The first-order valence-corrected chi connectivity index (χ1v) is 14.7. The molecule has 1 aromatic heterocycles. The quantitative estimate of drug-likeness (QED) is 0.251. The maximum Gasteiger partial charge on any atom is 0.341 e. The number of likely N-dealkylation sites (tertiary alicyclic amines) is 1. The van der Waals surface area contributed by atoms with Gasteiger partial charge in [-0.3, -0.25) is 20.4 Å². The maximum atomic E-state index is 12.7. The van der Waals surface area contributed by atoms with Gasteiger partial charge in [-0.1, -0.05) is 0 Å². The number of hydrogen-bond acceptors (Lipinski definition) is 7. The molecule has 2 amide bonds. The van der Waals surface area contributed by atoms with E-state index in [1.165, 1.54) is 16.2 Å². The summed E-state index contributed by atoms with van der Waals surface area (Å²) < 4.78 is 11.0. The molecule has 1 aliphatic carbocycles. The van der Waals surface area contributed by atoms with Crippen molar-refractivity contribution in [2.24, 2.45) is 0 Å². The molecule has 11 heteroatoms. The van der Waals surface area contributed by atoms with E-state index in [0.29, 0.717) is 28.5 Å². The maximum absolute atomic E-state index is 12.7. The summed E-state index contributed by atoms with van der Waals surface area (Å²) in [5, 5.41) is 3.83. The molecular formula is C28H36N4O5S2. The van der Waals surface area contributed by atoms with E-state index in [9.17, 15) is 14.4 Å². The predicted octanol–water partition coefficient (Wildman–Crippen LogP) is 4.60. The third kappa shape index (κ3) is 7.07. The van der Waals surface area contributed by atoms with Crippen LogP contribution in [0.4, 0.5) is 5.00 Å². The van der Waals surface area contributed by atoms with E-state index in [0.717, 1.165) is 50.5 Å². The van der Waals surface area contributed by atoms with Crippen molar-refractivity contribution in [1.29, 1.82) is 0 Å². The van der Waals surface area contributed by atoms with Crippen LogP contribution in [0.15, 0.2) is 24.3 Å². The van der Waals surface area contributed by atoms with Gasteiger partial charge in [0, 0.05) is 22.5 Å². The molecule has 39 heavy (non-hydrogen) atoms. The lowest BCUT2D eigenvalue weighted by atomic mass is 9.95. The fourth-order valence-corrected chi connectivity index (χ4v) is 6.73. The summed E-state index contributed by atoms with van der Waals surface area (Å²) in [6.45, 7) is 6.17. The van der Waals surface area contributed by atoms with Crippen molar-refractivity contribution in [3.8, 4) is 5.75 Å². The van der Waals surface area contributed by atoms with Crippen LogP contribution in [0.1, 0.15) is 84.0 Å². The molecule has 2 heterocycles. The van der Waals surface area contributed by atoms with Crippen LogP contribution in [0, 0.1) is 0 Å². The third-order valence-corrected chi connectivity index (χ3v) is 8.54. The lowest BCUT2D eigenvalue weighted by Gasteiger charge is -2.38. The molecule has 0 saturated carbocycles. The van der Waals surface area contributed by atoms with Crippen LogP contribution < -0.4 is 20.9 Å². The number of ether oxygens (including phenoxy) is 2. The first-order valence-electron chi connectivity index (χ1n) is 13.5. The second-order valence-corrected chi connectivity index (χ2v) is 11.4. The van der Waals surface area contributed by atoms with Crippen LogP contribution in [0.3, 0.4) is 0 Å². The Morgan fingerprint density at radius 1 is 1.03 bits per heavy atom. The van der Waals surface area contributed by atoms with E-state index in [4.69, 9.17) is 21.7 Å². The van der Waals surface area contributed by atoms with Gasteiger partial charge in [0.25, 0.3) is 11.8 Å². The monoisotopic (exact) mass is 572 g/mol. The van der Waals surface area contributed by atoms with E-state index >= 15 is 0 Å². The Balaban J connectivity index is 1.29. The van der Waals surface area contributed by atoms with Crippen LogP contribution >= 0.6 is 23.6 Å². The van der Waals surface area contributed by atoms with Crippen molar-refractivity contribution in [3.63, 3.8) is 0 Å². The van der Waals surface area contributed by atoms with Crippen LogP contribution in [-0.4, -0.2) is 53.1 Å². The van der Waals surface area contributed by atoms with E-state index in [1.807, 2.05) is 4.90 Å². The first kappa shape index (κ1) is 28.8. The Bertz CT molecular complexity index is 1200. The second kappa shape index (κ2) is 13.3. The molecule has 4 rings (SSSR count). The van der Waals surface area contributed by atoms with E-state index < -0.39 is 5.91 Å². The average Bonchev–Trinajstić information content (AvgIpc) is 3.28. The molecule has 9 nitrogen and oxygen atoms in total. The van der Waals surface area contributed by atoms with Gasteiger partial charge >= 0.3 is 5.97 Å². The van der Waals surface area contributed by atoms with Crippen LogP contribution in [-0.2, 0) is 22.4 Å². The molecule has 0 radical (unpaired) electrons. The average molecular weight is 573 g/mol. The minimum Gasteiger partial charge on any atom is -0.484 e. The van der Waals surface area contributed by atoms with Crippen molar-refractivity contribution in [2.75, 3.05) is 18.5 Å². The molecule has 210 valence electrons. The molecule has 2 aliphatic rings. The standard InChI is InChI=1S/C28H36N4O5S2/c1-4-36-27(35)24-21-10-5-6-11-22(21)39-26(24)29-28(38)31-30-25(34)19-12-14-20(15-13-19)37-16-23(33)32-17(2)8-7-9-18(32)3/h12-15,17-18H,4-11,16H2,1-3H3,(H,30,34)(H2,29,31,38)/t17-,18-/m1/s1. The zero-order valence-electron chi connectivity index (χ0n) is 22.6. The number of aryl methyl sites for hydroxylation is 1. The number of nitrogens with zero attached hydrogens (tertiary/aromatic N) is 1. The molecule has 3 N–H and O–H groups in total. The fraction of sp³-hybridized carbons (Fsp3) is 0.500. The Hall–Kier alpha value is -3.18. The van der Waals surface area contributed by atoms with Crippen LogP contribution in [0.5, 0.6) is 5.75 Å². The molecule has 0 unspecified atom stereocenters. The van der Waals surface area contributed by atoms with Gasteiger partial charge in [-0.2, -0.15) is 0 Å². The van der Waals surface area contributed by atoms with Crippen molar-refractivity contribution < 1.29 is 23.9 Å². The molecular weight excluding hydrogens is 536 g/mol. The summed E-state index contributed by atoms with van der Waals surface area (Å²) in [4.78, 5) is 41.0. The highest BCUT2D eigenvalue weighted by molar-refractivity contribution is 7.80. The molecule has 0 bridgehead atoms. The number of carbonyl (C=O) groups is 3. The van der Waals surface area contributed by atoms with Gasteiger partial charge in [-0.05, 0) is 108 Å². The highest BCUT2D eigenvalue weighted by Gasteiger charge is 2.29. The summed E-state index contributed by atoms with van der Waals surface area (Å²) in [6.07, 6.45) is 7.04. The largest absolute Gasteiger partial charge is 0.484 e. The van der Waals surface area contributed by atoms with E-state index in [2.05, 4.69) is 30.0 Å². The molecule has 1 saturated heterocycles. The highest BCUT2D eigenvalue weighted by atomic mass is 32.1. The number of esters is 1. The van der Waals surface area contributed by atoms with Gasteiger partial charge in [0.05, 0.1) is 12.2 Å². The number of hydrazine groups is 1. The van der Waals surface area contributed by atoms with E-state index in [1.54, 1.807) is 31.2 Å². The lowest BCUT2D eigenvalue weighted by Crippen LogP contribution is -2.49. The van der Waals surface area contributed by atoms with Crippen LogP contribution in [0.2, 0.25) is 0 Å². The summed E-state index contributed by atoms with van der Waals surface area (Å²) in [5.41, 5.74) is 7.23. The normalized spacial score (nSPS) is 18.5. The molecule has 1 fully saturated rings. The number of fused-ring (bicyclic) bond motifs is 1. The Morgan fingerprint density at radius 2 is 1.72 bits per heavy atom. The zero-order valence-corrected chi connectivity index (χ0v) is 24.3. The molecule has 1 aromatic carbocycles. The number of carbonyl (C=O) groups excluding carboxylic acids is 3. The second-order valence-electron chi connectivity index (χ2n) is 9.91. The minimum atomic E-state index is -0.395. The Morgan fingerprint density at radius 3 is 2.41 bits per heavy atom. The zero-order chi connectivity index (χ0) is 27.9. The molecule has 1 aliphatic heterocycles. The van der Waals surface area contributed by atoms with E-state index in [-0.39, 0.29) is 35.7 Å². The molecule has 0 spiro atoms. The van der Waals surface area contributed by atoms with Crippen LogP contribution in [0.25, 0.3) is 0 Å². The number of anilines is 1. The van der Waals surface area contributed by atoms with Crippen molar-refractivity contribution in [3.05, 3.63) is 45.8 Å². The summed E-state index contributed by atoms with van der Waals surface area (Å²) in [7, 11) is 0. The lowest BCUT2D eigenvalue weighted by molar-refractivity contribution is -0.139. The fourth-order valence-electron chi connectivity index (χ4n) is 5.23. The number of thiophene rings is 1. The van der Waals surface area contributed by atoms with Gasteiger partial charge in [-0.15, -0.1) is 11.3 Å². The molecule has 2 aromatic rings. The number of benzene rings is 1. The Labute approximate surface area is 238 Å². The summed E-state index contributed by atoms with van der Waals surface area (Å²) in [6, 6.07) is 6.97.